The fraction of sp³-hybridized carbons (Fsp3) is 0.368. The molecule has 146 valence electrons. The van der Waals surface area contributed by atoms with Crippen LogP contribution in [0.1, 0.15) is 17.2 Å². The summed E-state index contributed by atoms with van der Waals surface area (Å²) in [6, 6.07) is 8.21. The van der Waals surface area contributed by atoms with E-state index < -0.39 is 0 Å². The molecule has 2 aromatic heterocycles. The molecule has 0 spiro atoms. The monoisotopic (exact) mass is 380 g/mol. The molecule has 9 nitrogen and oxygen atoms in total. The molecule has 0 aliphatic carbocycles. The van der Waals surface area contributed by atoms with Crippen LogP contribution in [0.5, 0.6) is 0 Å². The summed E-state index contributed by atoms with van der Waals surface area (Å²) < 4.78 is 7.73. The lowest BCUT2D eigenvalue weighted by molar-refractivity contribution is -0.00805. The average Bonchev–Trinajstić information content (AvgIpc) is 3.41. The Bertz CT molecular complexity index is 933. The first-order valence-electron chi connectivity index (χ1n) is 9.23. The van der Waals surface area contributed by atoms with E-state index in [2.05, 4.69) is 47.6 Å². The van der Waals surface area contributed by atoms with E-state index in [1.54, 1.807) is 4.68 Å². The fourth-order valence-corrected chi connectivity index (χ4v) is 3.34. The van der Waals surface area contributed by atoms with Crippen LogP contribution in [0.15, 0.2) is 48.0 Å². The number of aryl methyl sites for hydroxylation is 1. The van der Waals surface area contributed by atoms with Crippen molar-refractivity contribution in [3.05, 3.63) is 54.1 Å². The Morgan fingerprint density at radius 1 is 1.43 bits per heavy atom. The molecule has 1 aliphatic heterocycles. The molecule has 0 amide bonds. The number of H-pyrrole nitrogens is 1. The average molecular weight is 380 g/mol. The van der Waals surface area contributed by atoms with Crippen molar-refractivity contribution in [3.63, 3.8) is 0 Å². The van der Waals surface area contributed by atoms with Gasteiger partial charge in [0.05, 0.1) is 19.3 Å². The van der Waals surface area contributed by atoms with E-state index in [1.165, 1.54) is 6.33 Å². The van der Waals surface area contributed by atoms with Crippen LogP contribution in [-0.4, -0.2) is 62.6 Å². The third-order valence-corrected chi connectivity index (χ3v) is 4.74. The number of nitrogens with zero attached hydrogens (tertiary/aromatic N) is 6. The molecule has 4 rings (SSSR count). The number of guanidine groups is 1. The maximum absolute atomic E-state index is 5.93. The van der Waals surface area contributed by atoms with Gasteiger partial charge in [0.25, 0.3) is 0 Å². The van der Waals surface area contributed by atoms with Gasteiger partial charge < -0.3 is 15.0 Å². The van der Waals surface area contributed by atoms with E-state index in [-0.39, 0.29) is 6.10 Å². The summed E-state index contributed by atoms with van der Waals surface area (Å²) in [5, 5.41) is 14.5. The van der Waals surface area contributed by atoms with Crippen LogP contribution < -0.4 is 5.32 Å². The van der Waals surface area contributed by atoms with Crippen molar-refractivity contribution in [3.8, 4) is 11.4 Å². The predicted octanol–water partition coefficient (Wildman–Crippen LogP) is 1.35. The smallest absolute Gasteiger partial charge is 0.194 e. The van der Waals surface area contributed by atoms with Crippen molar-refractivity contribution in [1.29, 1.82) is 0 Å². The van der Waals surface area contributed by atoms with Gasteiger partial charge in [-0.3, -0.25) is 14.8 Å². The summed E-state index contributed by atoms with van der Waals surface area (Å²) in [4.78, 5) is 10.9. The van der Waals surface area contributed by atoms with E-state index in [0.29, 0.717) is 13.2 Å². The van der Waals surface area contributed by atoms with Gasteiger partial charge in [-0.25, -0.2) is 4.98 Å². The fourth-order valence-electron chi connectivity index (χ4n) is 3.34. The van der Waals surface area contributed by atoms with Crippen molar-refractivity contribution >= 4 is 5.96 Å². The van der Waals surface area contributed by atoms with Crippen LogP contribution in [0.4, 0.5) is 0 Å². The Morgan fingerprint density at radius 3 is 3.11 bits per heavy atom. The molecule has 1 unspecified atom stereocenters. The highest BCUT2D eigenvalue weighted by molar-refractivity contribution is 5.80. The molecule has 0 radical (unpaired) electrons. The molecule has 3 heterocycles. The molecule has 1 aromatic carbocycles. The maximum atomic E-state index is 5.93. The second kappa shape index (κ2) is 8.22. The van der Waals surface area contributed by atoms with Crippen LogP contribution >= 0.6 is 0 Å². The lowest BCUT2D eigenvalue weighted by atomic mass is 10.1. The summed E-state index contributed by atoms with van der Waals surface area (Å²) in [7, 11) is 3.72. The van der Waals surface area contributed by atoms with Crippen molar-refractivity contribution in [2.75, 3.05) is 26.7 Å². The first-order chi connectivity index (χ1) is 13.7. The molecule has 1 fully saturated rings. The van der Waals surface area contributed by atoms with Gasteiger partial charge in [0.1, 0.15) is 12.4 Å². The van der Waals surface area contributed by atoms with Crippen molar-refractivity contribution < 1.29 is 4.74 Å². The summed E-state index contributed by atoms with van der Waals surface area (Å²) in [6.45, 7) is 2.86. The van der Waals surface area contributed by atoms with Crippen molar-refractivity contribution in [1.82, 2.24) is 35.2 Å². The molecular formula is C19H24N8O. The lowest BCUT2D eigenvalue weighted by Crippen LogP contribution is -2.47. The number of hydrogen-bond donors (Lipinski definition) is 2. The van der Waals surface area contributed by atoms with Gasteiger partial charge >= 0.3 is 0 Å². The minimum Gasteiger partial charge on any atom is -0.370 e. The molecular weight excluding hydrogens is 356 g/mol. The zero-order chi connectivity index (χ0) is 19.3. The molecule has 0 saturated carbocycles. The molecule has 1 aliphatic rings. The quantitative estimate of drug-likeness (QED) is 0.524. The lowest BCUT2D eigenvalue weighted by Gasteiger charge is -2.34. The molecule has 3 aromatic rings. The standard InChI is InChI=1S/C19H24N8O/c1-20-19(27-6-7-28-17(12-27)16-10-24-26(2)11-16)21-9-14-4-3-5-15(8-14)18-22-13-23-25-18/h3-5,8,10-11,13,17H,6-7,9,12H2,1-2H3,(H,20,21)(H,22,23,25). The number of morpholine rings is 1. The third-order valence-electron chi connectivity index (χ3n) is 4.74. The van der Waals surface area contributed by atoms with E-state index in [9.17, 15) is 0 Å². The Labute approximate surface area is 163 Å². The highest BCUT2D eigenvalue weighted by Gasteiger charge is 2.25. The molecule has 1 atom stereocenters. The molecule has 0 bridgehead atoms. The van der Waals surface area contributed by atoms with Crippen LogP contribution in [0, 0.1) is 0 Å². The number of ether oxygens (including phenoxy) is 1. The summed E-state index contributed by atoms with van der Waals surface area (Å²) in [6.07, 6.45) is 5.37. The first-order valence-corrected chi connectivity index (χ1v) is 9.23. The minimum absolute atomic E-state index is 0.00391. The SMILES string of the molecule is CN=C(NCc1cccc(-c2ncn[nH]2)c1)N1CCOC(c2cnn(C)c2)C1. The third kappa shape index (κ3) is 4.04. The van der Waals surface area contributed by atoms with E-state index in [4.69, 9.17) is 4.74 Å². The second-order valence-electron chi connectivity index (χ2n) is 6.69. The van der Waals surface area contributed by atoms with Gasteiger partial charge in [0, 0.05) is 44.5 Å². The van der Waals surface area contributed by atoms with Crippen molar-refractivity contribution in [2.45, 2.75) is 12.6 Å². The van der Waals surface area contributed by atoms with Gasteiger partial charge in [-0.05, 0) is 11.6 Å². The Morgan fingerprint density at radius 2 is 2.36 bits per heavy atom. The summed E-state index contributed by atoms with van der Waals surface area (Å²) in [5.41, 5.74) is 3.24. The zero-order valence-corrected chi connectivity index (χ0v) is 16.0. The highest BCUT2D eigenvalue weighted by atomic mass is 16.5. The van der Waals surface area contributed by atoms with Crippen LogP contribution in [0.2, 0.25) is 0 Å². The number of rotatable bonds is 4. The predicted molar refractivity (Wildman–Crippen MR) is 105 cm³/mol. The number of nitrogens with one attached hydrogen (secondary N) is 2. The summed E-state index contributed by atoms with van der Waals surface area (Å²) >= 11 is 0. The number of aromatic amines is 1. The van der Waals surface area contributed by atoms with Crippen LogP contribution in [-0.2, 0) is 18.3 Å². The van der Waals surface area contributed by atoms with Crippen LogP contribution in [0.25, 0.3) is 11.4 Å². The van der Waals surface area contributed by atoms with Crippen molar-refractivity contribution in [2.24, 2.45) is 12.0 Å². The molecule has 9 heteroatoms. The summed E-state index contributed by atoms with van der Waals surface area (Å²) in [5.74, 6) is 1.63. The number of aromatic nitrogens is 5. The first kappa shape index (κ1) is 18.2. The van der Waals surface area contributed by atoms with Gasteiger partial charge in [-0.15, -0.1) is 0 Å². The largest absolute Gasteiger partial charge is 0.370 e. The minimum atomic E-state index is -0.00391. The van der Waals surface area contributed by atoms with Gasteiger partial charge in [-0.2, -0.15) is 10.2 Å². The highest BCUT2D eigenvalue weighted by Crippen LogP contribution is 2.22. The molecule has 2 N–H and O–H groups in total. The van der Waals surface area contributed by atoms with E-state index >= 15 is 0 Å². The Balaban J connectivity index is 1.40. The molecule has 28 heavy (non-hydrogen) atoms. The number of benzene rings is 1. The Hall–Kier alpha value is -3.20. The second-order valence-corrected chi connectivity index (χ2v) is 6.69. The topological polar surface area (TPSA) is 96.2 Å². The number of aliphatic imine (C=N–C) groups is 1. The normalized spacial score (nSPS) is 17.7. The number of hydrogen-bond acceptors (Lipinski definition) is 5. The van der Waals surface area contributed by atoms with Gasteiger partial charge in [-0.1, -0.05) is 18.2 Å². The van der Waals surface area contributed by atoms with Gasteiger partial charge in [0.2, 0.25) is 0 Å². The van der Waals surface area contributed by atoms with E-state index in [1.807, 2.05) is 38.6 Å². The van der Waals surface area contributed by atoms with Gasteiger partial charge in [0.15, 0.2) is 11.8 Å². The Kier molecular flexibility index (Phi) is 5.34. The zero-order valence-electron chi connectivity index (χ0n) is 16.0. The maximum Gasteiger partial charge on any atom is 0.194 e. The van der Waals surface area contributed by atoms with E-state index in [0.717, 1.165) is 41.6 Å². The molecule has 1 saturated heterocycles. The van der Waals surface area contributed by atoms with Crippen LogP contribution in [0.3, 0.4) is 0 Å².